The molecular formula is C30H35Cl2N3O6S. The molecule has 0 saturated heterocycles. The van der Waals surface area contributed by atoms with Crippen LogP contribution in [-0.4, -0.2) is 58.5 Å². The van der Waals surface area contributed by atoms with Gasteiger partial charge in [-0.2, -0.15) is 0 Å². The molecule has 0 saturated carbocycles. The molecule has 0 fully saturated rings. The zero-order chi connectivity index (χ0) is 31.0. The van der Waals surface area contributed by atoms with Gasteiger partial charge in [0.05, 0.1) is 34.8 Å². The molecule has 0 unspecified atom stereocenters. The molecule has 0 bridgehead atoms. The average molecular weight is 637 g/mol. The van der Waals surface area contributed by atoms with Crippen LogP contribution in [-0.2, 0) is 26.2 Å². The van der Waals surface area contributed by atoms with Crippen LogP contribution in [0.1, 0.15) is 26.3 Å². The fourth-order valence-corrected chi connectivity index (χ4v) is 5.85. The predicted octanol–water partition coefficient (Wildman–Crippen LogP) is 5.40. The molecule has 1 N–H and O–H groups in total. The van der Waals surface area contributed by atoms with Crippen LogP contribution >= 0.6 is 23.2 Å². The molecule has 0 heterocycles. The Morgan fingerprint density at radius 1 is 0.881 bits per heavy atom. The number of hydrogen-bond acceptors (Lipinski definition) is 6. The van der Waals surface area contributed by atoms with Crippen LogP contribution in [0.25, 0.3) is 0 Å². The minimum Gasteiger partial charge on any atom is -0.493 e. The van der Waals surface area contributed by atoms with E-state index in [1.54, 1.807) is 55.5 Å². The Morgan fingerprint density at radius 3 is 2.14 bits per heavy atom. The van der Waals surface area contributed by atoms with Crippen molar-refractivity contribution in [2.24, 2.45) is 5.92 Å². The van der Waals surface area contributed by atoms with Gasteiger partial charge in [-0.3, -0.25) is 13.9 Å². The quantitative estimate of drug-likeness (QED) is 0.270. The number of carbonyl (C=O) groups is 2. The number of anilines is 1. The summed E-state index contributed by atoms with van der Waals surface area (Å²) in [6, 6.07) is 16.5. The molecule has 12 heteroatoms. The molecule has 0 aliphatic carbocycles. The third kappa shape index (κ3) is 8.08. The van der Waals surface area contributed by atoms with Gasteiger partial charge < -0.3 is 19.7 Å². The molecule has 3 aromatic carbocycles. The fourth-order valence-electron chi connectivity index (χ4n) is 4.10. The minimum atomic E-state index is -4.28. The summed E-state index contributed by atoms with van der Waals surface area (Å²) < 4.78 is 39.6. The van der Waals surface area contributed by atoms with E-state index < -0.39 is 28.5 Å². The van der Waals surface area contributed by atoms with Crippen molar-refractivity contribution in [3.63, 3.8) is 0 Å². The third-order valence-corrected chi connectivity index (χ3v) is 8.96. The Kier molecular flexibility index (Phi) is 11.5. The van der Waals surface area contributed by atoms with Crippen molar-refractivity contribution in [1.82, 2.24) is 10.2 Å². The number of benzene rings is 3. The topological polar surface area (TPSA) is 105 Å². The zero-order valence-electron chi connectivity index (χ0n) is 24.1. The van der Waals surface area contributed by atoms with Crippen LogP contribution in [0.15, 0.2) is 71.6 Å². The van der Waals surface area contributed by atoms with Crippen LogP contribution < -0.4 is 19.1 Å². The molecule has 42 heavy (non-hydrogen) atoms. The summed E-state index contributed by atoms with van der Waals surface area (Å²) in [5.41, 5.74) is 0.891. The van der Waals surface area contributed by atoms with E-state index in [1.807, 2.05) is 13.8 Å². The number of nitrogens with one attached hydrogen (secondary N) is 1. The number of methoxy groups -OCH3 is 2. The molecule has 3 aromatic rings. The van der Waals surface area contributed by atoms with Gasteiger partial charge in [0, 0.05) is 19.2 Å². The van der Waals surface area contributed by atoms with Crippen LogP contribution in [0.2, 0.25) is 10.0 Å². The molecule has 1 atom stereocenters. The Labute approximate surface area is 257 Å². The van der Waals surface area contributed by atoms with E-state index in [0.29, 0.717) is 27.9 Å². The summed E-state index contributed by atoms with van der Waals surface area (Å²) in [7, 11) is -1.43. The molecule has 226 valence electrons. The van der Waals surface area contributed by atoms with Crippen LogP contribution in [0, 0.1) is 5.92 Å². The summed E-state index contributed by atoms with van der Waals surface area (Å²) in [6.07, 6.45) is 0. The Balaban J connectivity index is 2.04. The lowest BCUT2D eigenvalue weighted by Crippen LogP contribution is -2.51. The van der Waals surface area contributed by atoms with Gasteiger partial charge in [-0.15, -0.1) is 0 Å². The monoisotopic (exact) mass is 635 g/mol. The summed E-state index contributed by atoms with van der Waals surface area (Å²) in [5, 5.41) is 3.49. The molecule has 0 radical (unpaired) electrons. The molecule has 0 aliphatic heterocycles. The third-order valence-electron chi connectivity index (χ3n) is 6.45. The number of para-hydroxylation sites is 1. The summed E-state index contributed by atoms with van der Waals surface area (Å²) >= 11 is 12.3. The number of ether oxygens (including phenoxy) is 2. The van der Waals surface area contributed by atoms with Gasteiger partial charge in [-0.05, 0) is 54.8 Å². The first-order chi connectivity index (χ1) is 19.9. The zero-order valence-corrected chi connectivity index (χ0v) is 26.5. The highest BCUT2D eigenvalue weighted by Gasteiger charge is 2.33. The van der Waals surface area contributed by atoms with Gasteiger partial charge in [0.2, 0.25) is 11.8 Å². The second-order valence-corrected chi connectivity index (χ2v) is 12.6. The normalized spacial score (nSPS) is 12.0. The maximum atomic E-state index is 14.0. The molecule has 2 amide bonds. The highest BCUT2D eigenvalue weighted by atomic mass is 35.5. The van der Waals surface area contributed by atoms with Crippen molar-refractivity contribution >= 4 is 50.7 Å². The molecule has 3 rings (SSSR count). The standard InChI is InChI=1S/C30H35Cl2N3O6S/c1-20(2)17-33-30(37)21(3)34(18-22-11-13-25(31)26(32)15-22)29(36)19-35(23-9-7-6-8-10-23)42(38,39)24-12-14-27(40-4)28(16-24)41-5/h6-16,20-21H,17-19H2,1-5H3,(H,33,37)/t21-/m0/s1. The van der Waals surface area contributed by atoms with Gasteiger partial charge >= 0.3 is 0 Å². The number of halogens is 2. The Bertz CT molecular complexity index is 1500. The van der Waals surface area contributed by atoms with Crippen LogP contribution in [0.4, 0.5) is 5.69 Å². The van der Waals surface area contributed by atoms with Crippen molar-refractivity contribution < 1.29 is 27.5 Å². The highest BCUT2D eigenvalue weighted by Crippen LogP contribution is 2.32. The first-order valence-corrected chi connectivity index (χ1v) is 15.4. The van der Waals surface area contributed by atoms with Crippen molar-refractivity contribution in [1.29, 1.82) is 0 Å². The largest absolute Gasteiger partial charge is 0.493 e. The van der Waals surface area contributed by atoms with E-state index in [9.17, 15) is 18.0 Å². The number of hydrogen-bond donors (Lipinski definition) is 1. The van der Waals surface area contributed by atoms with Gasteiger partial charge in [0.1, 0.15) is 12.6 Å². The van der Waals surface area contributed by atoms with Crippen molar-refractivity contribution in [2.45, 2.75) is 38.3 Å². The molecular weight excluding hydrogens is 601 g/mol. The predicted molar refractivity (Wildman–Crippen MR) is 165 cm³/mol. The number of sulfonamides is 1. The van der Waals surface area contributed by atoms with Crippen LogP contribution in [0.3, 0.4) is 0 Å². The maximum Gasteiger partial charge on any atom is 0.264 e. The molecule has 0 aromatic heterocycles. The maximum absolute atomic E-state index is 14.0. The van der Waals surface area contributed by atoms with Gasteiger partial charge in [0.15, 0.2) is 11.5 Å². The van der Waals surface area contributed by atoms with Gasteiger partial charge in [-0.25, -0.2) is 8.42 Å². The van der Waals surface area contributed by atoms with Gasteiger partial charge in [0.25, 0.3) is 10.0 Å². The van der Waals surface area contributed by atoms with E-state index >= 15 is 0 Å². The van der Waals surface area contributed by atoms with Crippen molar-refractivity contribution in [3.8, 4) is 11.5 Å². The summed E-state index contributed by atoms with van der Waals surface area (Å²) in [6.45, 7) is 5.35. The summed E-state index contributed by atoms with van der Waals surface area (Å²) in [5.74, 6) is -0.199. The fraction of sp³-hybridized carbons (Fsp3) is 0.333. The molecule has 0 spiro atoms. The summed E-state index contributed by atoms with van der Waals surface area (Å²) in [4.78, 5) is 28.3. The first kappa shape index (κ1) is 33.0. The Hall–Kier alpha value is -3.47. The van der Waals surface area contributed by atoms with Crippen LogP contribution in [0.5, 0.6) is 11.5 Å². The van der Waals surface area contributed by atoms with E-state index in [4.69, 9.17) is 32.7 Å². The van der Waals surface area contributed by atoms with E-state index in [1.165, 1.54) is 37.3 Å². The second kappa shape index (κ2) is 14.6. The number of amides is 2. The lowest BCUT2D eigenvalue weighted by molar-refractivity contribution is -0.139. The SMILES string of the molecule is COc1ccc(S(=O)(=O)N(CC(=O)N(Cc2ccc(Cl)c(Cl)c2)[C@@H](C)C(=O)NCC(C)C)c2ccccc2)cc1OC. The molecule has 0 aliphatic rings. The highest BCUT2D eigenvalue weighted by molar-refractivity contribution is 7.92. The van der Waals surface area contributed by atoms with Crippen molar-refractivity contribution in [2.75, 3.05) is 31.6 Å². The average Bonchev–Trinajstić information content (AvgIpc) is 2.98. The number of rotatable bonds is 13. The number of carbonyl (C=O) groups excluding carboxylic acids is 2. The smallest absolute Gasteiger partial charge is 0.264 e. The molecule has 9 nitrogen and oxygen atoms in total. The Morgan fingerprint density at radius 2 is 1.55 bits per heavy atom. The van der Waals surface area contributed by atoms with Crippen molar-refractivity contribution in [3.05, 3.63) is 82.3 Å². The van der Waals surface area contributed by atoms with E-state index in [0.717, 1.165) is 4.31 Å². The first-order valence-electron chi connectivity index (χ1n) is 13.2. The van der Waals surface area contributed by atoms with Gasteiger partial charge in [-0.1, -0.05) is 61.3 Å². The lowest BCUT2D eigenvalue weighted by atomic mass is 10.1. The van der Waals surface area contributed by atoms with E-state index in [2.05, 4.69) is 5.32 Å². The second-order valence-electron chi connectivity index (χ2n) is 9.95. The van der Waals surface area contributed by atoms with E-state index in [-0.39, 0.29) is 34.7 Å². The number of nitrogens with zero attached hydrogens (tertiary/aromatic N) is 2. The minimum absolute atomic E-state index is 0.00891. The lowest BCUT2D eigenvalue weighted by Gasteiger charge is -2.32.